The molecule has 0 amide bonds. The molecule has 22 valence electrons. The SMILES string of the molecule is CCCl.[Hg]. The number of halogens is 1. The van der Waals surface area contributed by atoms with Crippen LogP contribution in [0.5, 0.6) is 0 Å². The van der Waals surface area contributed by atoms with E-state index in [1.165, 1.54) is 0 Å². The summed E-state index contributed by atoms with van der Waals surface area (Å²) in [7, 11) is 0. The average Bonchev–Trinajstić information content (AvgIpc) is 0.918. The van der Waals surface area contributed by atoms with Gasteiger partial charge in [0, 0.05) is 33.5 Å². The van der Waals surface area contributed by atoms with E-state index >= 15 is 0 Å². The van der Waals surface area contributed by atoms with Gasteiger partial charge in [0.15, 0.2) is 0 Å². The summed E-state index contributed by atoms with van der Waals surface area (Å²) in [5.41, 5.74) is 0. The van der Waals surface area contributed by atoms with E-state index in [1.54, 1.807) is 0 Å². The topological polar surface area (TPSA) is 0 Å². The van der Waals surface area contributed by atoms with Crippen molar-refractivity contribution in [3.8, 4) is 0 Å². The van der Waals surface area contributed by atoms with Crippen molar-refractivity contribution in [1.29, 1.82) is 0 Å². The van der Waals surface area contributed by atoms with Crippen LogP contribution < -0.4 is 0 Å². The molecule has 0 radical (unpaired) electrons. The van der Waals surface area contributed by atoms with Gasteiger partial charge in [-0.1, -0.05) is 6.92 Å². The molecule has 0 saturated carbocycles. The second kappa shape index (κ2) is 8.88. The predicted molar refractivity (Wildman–Crippen MR) is 16.4 cm³/mol. The van der Waals surface area contributed by atoms with E-state index in [1.807, 2.05) is 6.92 Å². The standard InChI is InChI=1S/C2H5Cl.Hg/c1-2-3;/h2H2,1H3;. The predicted octanol–water partition coefficient (Wildman–Crippen LogP) is 1.24. The minimum absolute atomic E-state index is 0. The van der Waals surface area contributed by atoms with Gasteiger partial charge < -0.3 is 0 Å². The molecule has 0 rings (SSSR count). The third-order valence-corrected chi connectivity index (χ3v) is 0. The van der Waals surface area contributed by atoms with Crippen LogP contribution in [0.2, 0.25) is 0 Å². The van der Waals surface area contributed by atoms with Gasteiger partial charge in [-0.3, -0.25) is 0 Å². The first-order valence-electron chi connectivity index (χ1n) is 0.974. The van der Waals surface area contributed by atoms with Crippen LogP contribution in [-0.4, -0.2) is 5.88 Å². The molecule has 4 heavy (non-hydrogen) atoms. The summed E-state index contributed by atoms with van der Waals surface area (Å²) in [4.78, 5) is 0. The van der Waals surface area contributed by atoms with Crippen molar-refractivity contribution in [1.82, 2.24) is 0 Å². The quantitative estimate of drug-likeness (QED) is 0.456. The average molecular weight is 265 g/mol. The minimum Gasteiger partial charge on any atom is -0.127 e. The molecule has 0 aromatic rings. The fraction of sp³-hybridized carbons (Fsp3) is 1.00. The maximum Gasteiger partial charge on any atom is 0.0195 e. The second-order valence-corrected chi connectivity index (χ2v) is 0.802. The van der Waals surface area contributed by atoms with Gasteiger partial charge in [-0.15, -0.1) is 11.6 Å². The summed E-state index contributed by atoms with van der Waals surface area (Å²) in [5.74, 6) is 0.722. The molecular weight excluding hydrogens is 260 g/mol. The molecule has 0 heterocycles. The van der Waals surface area contributed by atoms with Gasteiger partial charge in [0.2, 0.25) is 0 Å². The van der Waals surface area contributed by atoms with Gasteiger partial charge in [0.05, 0.1) is 0 Å². The van der Waals surface area contributed by atoms with Gasteiger partial charge in [0.1, 0.15) is 0 Å². The van der Waals surface area contributed by atoms with Crippen molar-refractivity contribution >= 4 is 11.6 Å². The zero-order chi connectivity index (χ0) is 2.71. The molecule has 0 atom stereocenters. The zero-order valence-electron chi connectivity index (χ0n) is 2.79. The third-order valence-electron chi connectivity index (χ3n) is 0. The molecule has 0 aliphatic rings. The molecular formula is C2H5ClHg. The van der Waals surface area contributed by atoms with Crippen LogP contribution in [-0.2, 0) is 27.7 Å². The Morgan fingerprint density at radius 3 is 1.75 bits per heavy atom. The molecule has 0 aromatic heterocycles. The van der Waals surface area contributed by atoms with Gasteiger partial charge in [-0.05, 0) is 0 Å². The maximum absolute atomic E-state index is 5.00. The zero-order valence-corrected chi connectivity index (χ0v) is 9.05. The van der Waals surface area contributed by atoms with E-state index in [0.717, 1.165) is 5.88 Å². The summed E-state index contributed by atoms with van der Waals surface area (Å²) in [6.07, 6.45) is 0. The summed E-state index contributed by atoms with van der Waals surface area (Å²) >= 11 is 5.00. The number of hydrogen-bond acceptors (Lipinski definition) is 0. The molecule has 0 nitrogen and oxygen atoms in total. The van der Waals surface area contributed by atoms with Crippen LogP contribution in [0, 0.1) is 0 Å². The van der Waals surface area contributed by atoms with Crippen LogP contribution >= 0.6 is 11.6 Å². The van der Waals surface area contributed by atoms with E-state index in [4.69, 9.17) is 11.6 Å². The Bertz CT molecular complexity index is 6.00. The molecule has 0 fully saturated rings. The number of rotatable bonds is 0. The maximum atomic E-state index is 5.00. The normalized spacial score (nSPS) is 4.50. The van der Waals surface area contributed by atoms with Crippen molar-refractivity contribution in [3.05, 3.63) is 0 Å². The van der Waals surface area contributed by atoms with E-state index < -0.39 is 0 Å². The monoisotopic (exact) mass is 266 g/mol. The van der Waals surface area contributed by atoms with Crippen LogP contribution in [0.3, 0.4) is 0 Å². The van der Waals surface area contributed by atoms with E-state index in [-0.39, 0.29) is 27.7 Å². The van der Waals surface area contributed by atoms with Gasteiger partial charge >= 0.3 is 0 Å². The van der Waals surface area contributed by atoms with Crippen molar-refractivity contribution < 1.29 is 27.7 Å². The fourth-order valence-corrected chi connectivity index (χ4v) is 0. The first kappa shape index (κ1) is 8.97. The molecule has 0 aliphatic carbocycles. The summed E-state index contributed by atoms with van der Waals surface area (Å²) in [6.45, 7) is 1.89. The Labute approximate surface area is 52.0 Å². The van der Waals surface area contributed by atoms with Crippen molar-refractivity contribution in [2.75, 3.05) is 5.88 Å². The molecule has 0 aliphatic heterocycles. The molecule has 2 heteroatoms. The molecule has 0 aromatic carbocycles. The first-order valence-corrected chi connectivity index (χ1v) is 1.51. The van der Waals surface area contributed by atoms with Crippen molar-refractivity contribution in [3.63, 3.8) is 0 Å². The van der Waals surface area contributed by atoms with Gasteiger partial charge in [-0.25, -0.2) is 0 Å². The Morgan fingerprint density at radius 1 is 1.75 bits per heavy atom. The Hall–Kier alpha value is 1.23. The number of hydrogen-bond donors (Lipinski definition) is 0. The van der Waals surface area contributed by atoms with Gasteiger partial charge in [-0.2, -0.15) is 0 Å². The first-order chi connectivity index (χ1) is 1.41. The second-order valence-electron chi connectivity index (χ2n) is 0.267. The summed E-state index contributed by atoms with van der Waals surface area (Å²) < 4.78 is 0. The minimum atomic E-state index is 0. The van der Waals surface area contributed by atoms with Crippen molar-refractivity contribution in [2.24, 2.45) is 0 Å². The Kier molecular flexibility index (Phi) is 19.9. The largest absolute Gasteiger partial charge is 0.127 e. The number of alkyl halides is 1. The molecule has 0 N–H and O–H groups in total. The molecule has 0 unspecified atom stereocenters. The molecule has 0 saturated heterocycles. The van der Waals surface area contributed by atoms with Crippen LogP contribution in [0.4, 0.5) is 0 Å². The Balaban J connectivity index is 0. The summed E-state index contributed by atoms with van der Waals surface area (Å²) in [5, 5.41) is 0. The third kappa shape index (κ3) is 10.6. The van der Waals surface area contributed by atoms with E-state index in [0.29, 0.717) is 0 Å². The fourth-order valence-electron chi connectivity index (χ4n) is 0. The van der Waals surface area contributed by atoms with E-state index in [9.17, 15) is 0 Å². The van der Waals surface area contributed by atoms with Crippen LogP contribution in [0.25, 0.3) is 0 Å². The smallest absolute Gasteiger partial charge is 0.0195 e. The Morgan fingerprint density at radius 2 is 1.75 bits per heavy atom. The molecule has 0 bridgehead atoms. The molecule has 0 spiro atoms. The summed E-state index contributed by atoms with van der Waals surface area (Å²) in [6, 6.07) is 0. The van der Waals surface area contributed by atoms with Gasteiger partial charge in [0.25, 0.3) is 0 Å². The van der Waals surface area contributed by atoms with Crippen molar-refractivity contribution in [2.45, 2.75) is 6.92 Å². The van der Waals surface area contributed by atoms with Crippen LogP contribution in [0.1, 0.15) is 6.92 Å². The van der Waals surface area contributed by atoms with E-state index in [2.05, 4.69) is 0 Å². The van der Waals surface area contributed by atoms with Crippen LogP contribution in [0.15, 0.2) is 0 Å².